The molecular formula is C5H5GeN5O. The Labute approximate surface area is 77.6 Å². The van der Waals surface area contributed by atoms with Gasteiger partial charge < -0.3 is 10.7 Å². The van der Waals surface area contributed by atoms with Crippen molar-refractivity contribution in [1.82, 2.24) is 19.9 Å². The van der Waals surface area contributed by atoms with Gasteiger partial charge in [-0.05, 0) is 0 Å². The molecule has 7 heteroatoms. The van der Waals surface area contributed by atoms with Crippen LogP contribution in [0.15, 0.2) is 11.1 Å². The van der Waals surface area contributed by atoms with E-state index in [0.29, 0.717) is 11.2 Å². The van der Waals surface area contributed by atoms with E-state index in [1.165, 1.54) is 6.33 Å². The first kappa shape index (κ1) is 8.79. The number of nitrogens with zero attached hydrogens (tertiary/aromatic N) is 2. The van der Waals surface area contributed by atoms with Gasteiger partial charge in [0, 0.05) is 17.6 Å². The SMILES string of the molecule is Nc1nc2nc[nH]c2c(=O)[nH]1.[Ge]. The van der Waals surface area contributed by atoms with Crippen LogP contribution < -0.4 is 11.3 Å². The molecule has 0 bridgehead atoms. The van der Waals surface area contributed by atoms with E-state index in [1.54, 1.807) is 0 Å². The Balaban J connectivity index is 0.000000720. The van der Waals surface area contributed by atoms with E-state index >= 15 is 0 Å². The van der Waals surface area contributed by atoms with Gasteiger partial charge in [0.05, 0.1) is 6.33 Å². The standard InChI is InChI=1S/C5H5N5O.Ge/c6-5-9-3-2(4(11)10-5)7-1-8-3;/h1H,(H4,6,7,8,9,10,11);. The van der Waals surface area contributed by atoms with Gasteiger partial charge in [0.2, 0.25) is 5.95 Å². The largest absolute Gasteiger partial charge is 0.369 e. The summed E-state index contributed by atoms with van der Waals surface area (Å²) in [6, 6.07) is 0. The third kappa shape index (κ3) is 1.20. The normalized spacial score (nSPS) is 9.67. The molecule has 0 aliphatic rings. The molecule has 0 saturated carbocycles. The molecule has 4 N–H and O–H groups in total. The van der Waals surface area contributed by atoms with Gasteiger partial charge in [0.1, 0.15) is 0 Å². The molecule has 2 rings (SSSR count). The van der Waals surface area contributed by atoms with Gasteiger partial charge in [0.25, 0.3) is 5.56 Å². The molecule has 2 aromatic rings. The summed E-state index contributed by atoms with van der Waals surface area (Å²) in [5, 5.41) is 0. The maximum absolute atomic E-state index is 11.0. The summed E-state index contributed by atoms with van der Waals surface area (Å²) in [4.78, 5) is 23.5. The molecule has 4 radical (unpaired) electrons. The van der Waals surface area contributed by atoms with E-state index in [9.17, 15) is 4.79 Å². The van der Waals surface area contributed by atoms with Gasteiger partial charge in [0.15, 0.2) is 11.2 Å². The molecule has 12 heavy (non-hydrogen) atoms. The number of aromatic nitrogens is 4. The van der Waals surface area contributed by atoms with Crippen molar-refractivity contribution in [3.05, 3.63) is 16.7 Å². The second-order valence-corrected chi connectivity index (χ2v) is 2.05. The first-order chi connectivity index (χ1) is 5.27. The minimum absolute atomic E-state index is 0. The van der Waals surface area contributed by atoms with E-state index in [1.807, 2.05) is 0 Å². The quantitative estimate of drug-likeness (QED) is 0.491. The zero-order chi connectivity index (χ0) is 7.84. The van der Waals surface area contributed by atoms with E-state index in [2.05, 4.69) is 19.9 Å². The predicted octanol–water partition coefficient (Wildman–Crippen LogP) is -1.15. The molecule has 0 aliphatic carbocycles. The second kappa shape index (κ2) is 2.97. The van der Waals surface area contributed by atoms with E-state index in [-0.39, 0.29) is 29.1 Å². The van der Waals surface area contributed by atoms with Crippen molar-refractivity contribution in [2.75, 3.05) is 5.73 Å². The smallest absolute Gasteiger partial charge is 0.278 e. The van der Waals surface area contributed by atoms with Crippen molar-refractivity contribution in [2.45, 2.75) is 0 Å². The molecule has 2 aromatic heterocycles. The molecule has 2 heterocycles. The Bertz CT molecular complexity index is 446. The van der Waals surface area contributed by atoms with Gasteiger partial charge in [-0.3, -0.25) is 9.78 Å². The Morgan fingerprint density at radius 1 is 1.50 bits per heavy atom. The van der Waals surface area contributed by atoms with E-state index in [4.69, 9.17) is 5.73 Å². The van der Waals surface area contributed by atoms with Crippen LogP contribution in [0.4, 0.5) is 5.95 Å². The average molecular weight is 224 g/mol. The average Bonchev–Trinajstić information content (AvgIpc) is 2.34. The van der Waals surface area contributed by atoms with Crippen LogP contribution in [0.1, 0.15) is 0 Å². The number of H-pyrrole nitrogens is 2. The number of nitrogens with one attached hydrogen (secondary N) is 2. The first-order valence-electron chi connectivity index (χ1n) is 2.96. The maximum Gasteiger partial charge on any atom is 0.278 e. The molecule has 60 valence electrons. The molecule has 0 saturated heterocycles. The van der Waals surface area contributed by atoms with Crippen LogP contribution in [0.5, 0.6) is 0 Å². The van der Waals surface area contributed by atoms with Crippen molar-refractivity contribution in [2.24, 2.45) is 0 Å². The molecule has 0 unspecified atom stereocenters. The van der Waals surface area contributed by atoms with Crippen LogP contribution >= 0.6 is 0 Å². The Hall–Kier alpha value is -1.31. The third-order valence-electron chi connectivity index (χ3n) is 1.31. The zero-order valence-corrected chi connectivity index (χ0v) is 8.06. The number of fused-ring (bicyclic) bond motifs is 1. The molecule has 6 nitrogen and oxygen atoms in total. The molecule has 0 aromatic carbocycles. The number of hydrogen-bond acceptors (Lipinski definition) is 4. The molecule has 0 spiro atoms. The maximum atomic E-state index is 11.0. The van der Waals surface area contributed by atoms with Gasteiger partial charge >= 0.3 is 0 Å². The Morgan fingerprint density at radius 3 is 3.00 bits per heavy atom. The van der Waals surface area contributed by atoms with Crippen molar-refractivity contribution >= 4 is 34.7 Å². The fraction of sp³-hybridized carbons (Fsp3) is 0. The summed E-state index contributed by atoms with van der Waals surface area (Å²) in [6.07, 6.45) is 1.40. The minimum atomic E-state index is -0.301. The van der Waals surface area contributed by atoms with Crippen LogP contribution in [-0.2, 0) is 0 Å². The fourth-order valence-electron chi connectivity index (χ4n) is 0.860. The second-order valence-electron chi connectivity index (χ2n) is 2.05. The minimum Gasteiger partial charge on any atom is -0.369 e. The number of anilines is 1. The Kier molecular flexibility index (Phi) is 2.18. The summed E-state index contributed by atoms with van der Waals surface area (Å²) in [5.74, 6) is 0.0783. The Morgan fingerprint density at radius 2 is 2.25 bits per heavy atom. The van der Waals surface area contributed by atoms with Crippen molar-refractivity contribution in [3.8, 4) is 0 Å². The summed E-state index contributed by atoms with van der Waals surface area (Å²) in [6.45, 7) is 0. The molecule has 0 aliphatic heterocycles. The topological polar surface area (TPSA) is 100 Å². The van der Waals surface area contributed by atoms with Gasteiger partial charge in [-0.25, -0.2) is 4.98 Å². The summed E-state index contributed by atoms with van der Waals surface area (Å²) in [7, 11) is 0. The number of hydrogen-bond donors (Lipinski definition) is 3. The predicted molar refractivity (Wildman–Crippen MR) is 44.7 cm³/mol. The van der Waals surface area contributed by atoms with Crippen molar-refractivity contribution < 1.29 is 0 Å². The van der Waals surface area contributed by atoms with Crippen LogP contribution in [0.3, 0.4) is 0 Å². The monoisotopic (exact) mass is 225 g/mol. The number of nitrogen functional groups attached to an aromatic ring is 1. The number of aromatic amines is 2. The third-order valence-corrected chi connectivity index (χ3v) is 1.31. The van der Waals surface area contributed by atoms with Crippen molar-refractivity contribution in [1.29, 1.82) is 0 Å². The number of nitrogens with two attached hydrogens (primary N) is 1. The van der Waals surface area contributed by atoms with Crippen LogP contribution in [0, 0.1) is 0 Å². The zero-order valence-electron chi connectivity index (χ0n) is 5.96. The fourth-order valence-corrected chi connectivity index (χ4v) is 0.860. The van der Waals surface area contributed by atoms with E-state index in [0.717, 1.165) is 0 Å². The molecule has 0 fully saturated rings. The van der Waals surface area contributed by atoms with Gasteiger partial charge in [-0.15, -0.1) is 0 Å². The van der Waals surface area contributed by atoms with Crippen LogP contribution in [0.2, 0.25) is 0 Å². The molecule has 0 atom stereocenters. The molecular weight excluding hydrogens is 219 g/mol. The van der Waals surface area contributed by atoms with Crippen LogP contribution in [0.25, 0.3) is 11.2 Å². The van der Waals surface area contributed by atoms with Gasteiger partial charge in [-0.2, -0.15) is 4.98 Å². The van der Waals surface area contributed by atoms with Crippen molar-refractivity contribution in [3.63, 3.8) is 0 Å². The number of imidazole rings is 1. The first-order valence-corrected chi connectivity index (χ1v) is 2.96. The molecule has 0 amide bonds. The van der Waals surface area contributed by atoms with Gasteiger partial charge in [-0.1, -0.05) is 0 Å². The van der Waals surface area contributed by atoms with E-state index < -0.39 is 0 Å². The summed E-state index contributed by atoms with van der Waals surface area (Å²) in [5.41, 5.74) is 5.65. The van der Waals surface area contributed by atoms with Crippen LogP contribution in [-0.4, -0.2) is 37.5 Å². The summed E-state index contributed by atoms with van der Waals surface area (Å²) >= 11 is 0. The summed E-state index contributed by atoms with van der Waals surface area (Å²) < 4.78 is 0. The number of rotatable bonds is 0.